The Hall–Kier alpha value is -2.78. The Kier molecular flexibility index (Phi) is 6.95. The molecule has 3 aromatic rings. The number of aryl methyl sites for hydroxylation is 2. The summed E-state index contributed by atoms with van der Waals surface area (Å²) in [7, 11) is 0. The quantitative estimate of drug-likeness (QED) is 0.433. The second-order valence-electron chi connectivity index (χ2n) is 6.38. The van der Waals surface area contributed by atoms with E-state index in [1.54, 1.807) is 12.1 Å². The lowest BCUT2D eigenvalue weighted by Crippen LogP contribution is -2.14. The van der Waals surface area contributed by atoms with Gasteiger partial charge in [-0.1, -0.05) is 52.9 Å². The summed E-state index contributed by atoms with van der Waals surface area (Å²) in [5, 5.41) is 13.8. The van der Waals surface area contributed by atoms with E-state index in [9.17, 15) is 14.0 Å². The van der Waals surface area contributed by atoms with Gasteiger partial charge in [0.1, 0.15) is 5.82 Å². The fraction of sp³-hybridized carbons (Fsp3) is 0.200. The van der Waals surface area contributed by atoms with Gasteiger partial charge < -0.3 is 10.6 Å². The number of hydrogen-bond donors (Lipinski definition) is 2. The first-order chi connectivity index (χ1) is 13.9. The van der Waals surface area contributed by atoms with E-state index in [0.717, 1.165) is 16.8 Å². The Bertz CT molecular complexity index is 1020. The number of hydrogen-bond acceptors (Lipinski definition) is 6. The first-order valence-corrected chi connectivity index (χ1v) is 10.6. The van der Waals surface area contributed by atoms with Gasteiger partial charge in [-0.2, -0.15) is 0 Å². The number of rotatable bonds is 7. The molecule has 0 saturated heterocycles. The average Bonchev–Trinajstić information content (AvgIpc) is 3.11. The first-order valence-electron chi connectivity index (χ1n) is 8.77. The molecule has 0 bridgehead atoms. The molecule has 6 nitrogen and oxygen atoms in total. The summed E-state index contributed by atoms with van der Waals surface area (Å²) in [4.78, 5) is 24.2. The molecule has 0 aliphatic rings. The van der Waals surface area contributed by atoms with E-state index in [0.29, 0.717) is 15.0 Å². The van der Waals surface area contributed by atoms with Crippen molar-refractivity contribution in [2.45, 2.75) is 24.6 Å². The molecule has 2 N–H and O–H groups in total. The third kappa shape index (κ3) is 6.37. The van der Waals surface area contributed by atoms with Crippen molar-refractivity contribution >= 4 is 45.7 Å². The van der Waals surface area contributed by atoms with Crippen LogP contribution in [-0.4, -0.2) is 27.8 Å². The van der Waals surface area contributed by atoms with Crippen molar-refractivity contribution in [1.82, 2.24) is 10.2 Å². The van der Waals surface area contributed by atoms with Gasteiger partial charge in [0.2, 0.25) is 16.9 Å². The molecule has 0 unspecified atom stereocenters. The summed E-state index contributed by atoms with van der Waals surface area (Å²) < 4.78 is 13.5. The minimum Gasteiger partial charge on any atom is -0.325 e. The number of carbonyl (C=O) groups excluding carboxylic acids is 2. The van der Waals surface area contributed by atoms with E-state index < -0.39 is 0 Å². The Labute approximate surface area is 175 Å². The molecule has 150 valence electrons. The number of halogens is 1. The van der Waals surface area contributed by atoms with E-state index in [1.807, 2.05) is 32.0 Å². The van der Waals surface area contributed by atoms with Gasteiger partial charge in [0.25, 0.3) is 0 Å². The van der Waals surface area contributed by atoms with Gasteiger partial charge in [-0.25, -0.2) is 4.39 Å². The molecule has 0 fully saturated rings. The molecule has 1 heterocycles. The second-order valence-corrected chi connectivity index (χ2v) is 8.58. The lowest BCUT2D eigenvalue weighted by Gasteiger charge is -2.08. The third-order valence-corrected chi connectivity index (χ3v) is 5.89. The first kappa shape index (κ1) is 20.9. The van der Waals surface area contributed by atoms with E-state index in [4.69, 9.17) is 0 Å². The average molecular weight is 431 g/mol. The van der Waals surface area contributed by atoms with Gasteiger partial charge in [0.05, 0.1) is 12.2 Å². The zero-order chi connectivity index (χ0) is 20.8. The van der Waals surface area contributed by atoms with Crippen molar-refractivity contribution in [3.05, 3.63) is 65.0 Å². The highest BCUT2D eigenvalue weighted by atomic mass is 32.2. The molecular formula is C20H19FN4O2S2. The van der Waals surface area contributed by atoms with Crippen LogP contribution >= 0.6 is 23.1 Å². The van der Waals surface area contributed by atoms with Crippen LogP contribution < -0.4 is 10.6 Å². The fourth-order valence-electron chi connectivity index (χ4n) is 2.54. The van der Waals surface area contributed by atoms with Crippen LogP contribution in [0.1, 0.15) is 16.7 Å². The van der Waals surface area contributed by atoms with Gasteiger partial charge >= 0.3 is 0 Å². The normalized spacial score (nSPS) is 10.6. The molecule has 2 aromatic carbocycles. The highest BCUT2D eigenvalue weighted by Gasteiger charge is 2.12. The maximum absolute atomic E-state index is 12.9. The van der Waals surface area contributed by atoms with Gasteiger partial charge in [-0.05, 0) is 43.2 Å². The molecule has 0 saturated carbocycles. The number of carbonyl (C=O) groups is 2. The predicted octanol–water partition coefficient (Wildman–Crippen LogP) is 4.21. The van der Waals surface area contributed by atoms with Crippen LogP contribution in [0.15, 0.2) is 46.8 Å². The third-order valence-electron chi connectivity index (χ3n) is 3.91. The Balaban J connectivity index is 1.47. The molecule has 2 amide bonds. The highest BCUT2D eigenvalue weighted by Crippen LogP contribution is 2.26. The lowest BCUT2D eigenvalue weighted by molar-refractivity contribution is -0.115. The molecule has 0 aliphatic heterocycles. The Morgan fingerprint density at radius 3 is 2.52 bits per heavy atom. The largest absolute Gasteiger partial charge is 0.325 e. The summed E-state index contributed by atoms with van der Waals surface area (Å²) in [5.74, 6) is -0.566. The molecule has 9 heteroatoms. The van der Waals surface area contributed by atoms with Crippen LogP contribution in [0.2, 0.25) is 0 Å². The number of amides is 2. The SMILES string of the molecule is Cc1ccc(NC(=O)CSc2nnc(NC(=O)Cc3ccc(F)cc3)s2)c(C)c1. The number of thioether (sulfide) groups is 1. The predicted molar refractivity (Wildman–Crippen MR) is 114 cm³/mol. The van der Waals surface area contributed by atoms with Crippen LogP contribution in [0.5, 0.6) is 0 Å². The van der Waals surface area contributed by atoms with E-state index in [-0.39, 0.29) is 29.8 Å². The molecule has 29 heavy (non-hydrogen) atoms. The van der Waals surface area contributed by atoms with Crippen molar-refractivity contribution in [3.8, 4) is 0 Å². The number of nitrogens with zero attached hydrogens (tertiary/aromatic N) is 2. The summed E-state index contributed by atoms with van der Waals surface area (Å²) in [6, 6.07) is 11.6. The molecule has 3 rings (SSSR count). The second kappa shape index (κ2) is 9.62. The molecule has 0 spiro atoms. The van der Waals surface area contributed by atoms with Crippen LogP contribution in [0.4, 0.5) is 15.2 Å². The van der Waals surface area contributed by atoms with Crippen molar-refractivity contribution in [3.63, 3.8) is 0 Å². The summed E-state index contributed by atoms with van der Waals surface area (Å²) in [6.45, 7) is 3.95. The molecule has 1 aromatic heterocycles. The van der Waals surface area contributed by atoms with Gasteiger partial charge in [0.15, 0.2) is 4.34 Å². The zero-order valence-corrected chi connectivity index (χ0v) is 17.5. The fourth-order valence-corrected chi connectivity index (χ4v) is 4.11. The van der Waals surface area contributed by atoms with Crippen molar-refractivity contribution in [2.75, 3.05) is 16.4 Å². The molecule has 0 radical (unpaired) electrons. The maximum atomic E-state index is 12.9. The standard InChI is InChI=1S/C20H19FN4O2S2/c1-12-3-8-16(13(2)9-12)22-18(27)11-28-20-25-24-19(29-20)23-17(26)10-14-4-6-15(21)7-5-14/h3-9H,10-11H2,1-2H3,(H,22,27)(H,23,24,26). The number of aromatic nitrogens is 2. The Morgan fingerprint density at radius 1 is 1.03 bits per heavy atom. The number of nitrogens with one attached hydrogen (secondary N) is 2. The minimum atomic E-state index is -0.346. The van der Waals surface area contributed by atoms with E-state index >= 15 is 0 Å². The zero-order valence-electron chi connectivity index (χ0n) is 15.9. The molecular weight excluding hydrogens is 411 g/mol. The van der Waals surface area contributed by atoms with Crippen molar-refractivity contribution < 1.29 is 14.0 Å². The monoisotopic (exact) mass is 430 g/mol. The molecule has 0 aliphatic carbocycles. The number of anilines is 2. The number of benzene rings is 2. The maximum Gasteiger partial charge on any atom is 0.234 e. The van der Waals surface area contributed by atoms with Gasteiger partial charge in [0, 0.05) is 5.69 Å². The van der Waals surface area contributed by atoms with Crippen molar-refractivity contribution in [2.24, 2.45) is 0 Å². The van der Waals surface area contributed by atoms with Gasteiger partial charge in [-0.15, -0.1) is 10.2 Å². The van der Waals surface area contributed by atoms with Crippen LogP contribution in [0.25, 0.3) is 0 Å². The highest BCUT2D eigenvalue weighted by molar-refractivity contribution is 8.01. The Morgan fingerprint density at radius 2 is 1.79 bits per heavy atom. The smallest absolute Gasteiger partial charge is 0.234 e. The van der Waals surface area contributed by atoms with Crippen LogP contribution in [0.3, 0.4) is 0 Å². The topological polar surface area (TPSA) is 84.0 Å². The van der Waals surface area contributed by atoms with Crippen LogP contribution in [-0.2, 0) is 16.0 Å². The minimum absolute atomic E-state index is 0.112. The summed E-state index contributed by atoms with van der Waals surface area (Å²) in [6.07, 6.45) is 0.112. The lowest BCUT2D eigenvalue weighted by atomic mass is 10.1. The van der Waals surface area contributed by atoms with Gasteiger partial charge in [-0.3, -0.25) is 9.59 Å². The van der Waals surface area contributed by atoms with Crippen molar-refractivity contribution in [1.29, 1.82) is 0 Å². The van der Waals surface area contributed by atoms with Crippen LogP contribution in [0, 0.1) is 19.7 Å². The summed E-state index contributed by atoms with van der Waals surface area (Å²) in [5.41, 5.74) is 3.63. The van der Waals surface area contributed by atoms with E-state index in [2.05, 4.69) is 20.8 Å². The summed E-state index contributed by atoms with van der Waals surface area (Å²) >= 11 is 2.45. The van der Waals surface area contributed by atoms with E-state index in [1.165, 1.54) is 35.2 Å². The molecule has 0 atom stereocenters.